The van der Waals surface area contributed by atoms with Crippen molar-refractivity contribution < 1.29 is 9.90 Å². The number of carboxylic acids is 1. The third-order valence-corrected chi connectivity index (χ3v) is 2.07. The third-order valence-electron chi connectivity index (χ3n) is 2.07. The number of carbonyl (C=O) groups is 1. The molecule has 0 saturated carbocycles. The molecule has 0 saturated heterocycles. The minimum Gasteiger partial charge on any atom is -0.481 e. The lowest BCUT2D eigenvalue weighted by atomic mass is 10.00. The fourth-order valence-electron chi connectivity index (χ4n) is 1.32. The average molecular weight is 209 g/mol. The maximum absolute atomic E-state index is 10.3. The summed E-state index contributed by atoms with van der Waals surface area (Å²) < 4.78 is 0. The number of rotatable bonds is 7. The van der Waals surface area contributed by atoms with Crippen molar-refractivity contribution in [2.75, 3.05) is 0 Å². The molecule has 0 aromatic carbocycles. The Morgan fingerprint density at radius 3 is 2.38 bits per heavy atom. The zero-order chi connectivity index (χ0) is 9.40. The summed E-state index contributed by atoms with van der Waals surface area (Å²) in [5, 5.41) is 8.49. The second kappa shape index (κ2) is 9.85. The lowest BCUT2D eigenvalue weighted by molar-refractivity contribution is -0.138. The molecule has 0 amide bonds. The minimum absolute atomic E-state index is 0. The fraction of sp³-hybridized carbons (Fsp3) is 0.900. The van der Waals surface area contributed by atoms with Gasteiger partial charge in [-0.15, -0.1) is 12.4 Å². The molecule has 2 nitrogen and oxygen atoms in total. The molecule has 0 bridgehead atoms. The molecule has 1 N–H and O–H groups in total. The molecular weight excluding hydrogens is 188 g/mol. The van der Waals surface area contributed by atoms with Gasteiger partial charge in [0, 0.05) is 6.42 Å². The van der Waals surface area contributed by atoms with Crippen LogP contribution in [0.1, 0.15) is 52.4 Å². The van der Waals surface area contributed by atoms with Crippen molar-refractivity contribution in [3.8, 4) is 0 Å². The van der Waals surface area contributed by atoms with E-state index in [0.29, 0.717) is 12.3 Å². The molecule has 80 valence electrons. The van der Waals surface area contributed by atoms with Gasteiger partial charge in [0.25, 0.3) is 0 Å². The number of hydrogen-bond acceptors (Lipinski definition) is 1. The van der Waals surface area contributed by atoms with E-state index in [1.807, 2.05) is 6.92 Å². The highest BCUT2D eigenvalue weighted by molar-refractivity contribution is 5.85. The molecule has 0 aromatic rings. The highest BCUT2D eigenvalue weighted by Crippen LogP contribution is 2.13. The quantitative estimate of drug-likeness (QED) is 0.651. The molecule has 1 atom stereocenters. The van der Waals surface area contributed by atoms with Gasteiger partial charge in [0.2, 0.25) is 0 Å². The number of carboxylic acid groups (broad SMARTS) is 1. The molecule has 0 aromatic heterocycles. The second-order valence-electron chi connectivity index (χ2n) is 3.55. The largest absolute Gasteiger partial charge is 0.481 e. The maximum Gasteiger partial charge on any atom is 0.303 e. The summed E-state index contributed by atoms with van der Waals surface area (Å²) in [6, 6.07) is 0. The topological polar surface area (TPSA) is 37.3 Å². The van der Waals surface area contributed by atoms with E-state index in [-0.39, 0.29) is 12.4 Å². The SMILES string of the molecule is CCCCCCC(C)CC(=O)O.Cl. The van der Waals surface area contributed by atoms with E-state index in [9.17, 15) is 4.79 Å². The normalized spacial score (nSPS) is 11.8. The van der Waals surface area contributed by atoms with Crippen LogP contribution in [-0.2, 0) is 4.79 Å². The Hall–Kier alpha value is -0.240. The minimum atomic E-state index is -0.669. The molecule has 0 aliphatic rings. The van der Waals surface area contributed by atoms with E-state index in [1.54, 1.807) is 0 Å². The van der Waals surface area contributed by atoms with E-state index in [4.69, 9.17) is 5.11 Å². The van der Waals surface area contributed by atoms with Gasteiger partial charge in [-0.3, -0.25) is 4.79 Å². The summed E-state index contributed by atoms with van der Waals surface area (Å²) >= 11 is 0. The summed E-state index contributed by atoms with van der Waals surface area (Å²) in [6.45, 7) is 4.20. The van der Waals surface area contributed by atoms with Crippen LogP contribution in [0.15, 0.2) is 0 Å². The molecule has 0 aliphatic heterocycles. The molecule has 0 fully saturated rings. The molecule has 0 spiro atoms. The number of aliphatic carboxylic acids is 1. The average Bonchev–Trinajstić information content (AvgIpc) is 1.97. The van der Waals surface area contributed by atoms with Crippen LogP contribution in [0.2, 0.25) is 0 Å². The Labute approximate surface area is 87.1 Å². The summed E-state index contributed by atoms with van der Waals surface area (Å²) in [5.74, 6) is -0.322. The Bertz CT molecular complexity index is 126. The van der Waals surface area contributed by atoms with Crippen LogP contribution in [0.3, 0.4) is 0 Å². The first-order chi connectivity index (χ1) is 5.66. The smallest absolute Gasteiger partial charge is 0.303 e. The zero-order valence-electron chi connectivity index (χ0n) is 8.58. The third kappa shape index (κ3) is 11.8. The number of halogens is 1. The first-order valence-corrected chi connectivity index (χ1v) is 4.88. The van der Waals surface area contributed by atoms with Gasteiger partial charge in [-0.2, -0.15) is 0 Å². The predicted octanol–water partition coefficient (Wildman–Crippen LogP) is 3.49. The van der Waals surface area contributed by atoms with Gasteiger partial charge in [0.15, 0.2) is 0 Å². The predicted molar refractivity (Wildman–Crippen MR) is 57.4 cm³/mol. The van der Waals surface area contributed by atoms with E-state index >= 15 is 0 Å². The Kier molecular flexibility index (Phi) is 11.5. The summed E-state index contributed by atoms with van der Waals surface area (Å²) in [4.78, 5) is 10.3. The first kappa shape index (κ1) is 15.2. The molecule has 0 rings (SSSR count). The molecule has 0 radical (unpaired) electrons. The lowest BCUT2D eigenvalue weighted by Gasteiger charge is -2.06. The van der Waals surface area contributed by atoms with E-state index in [2.05, 4.69) is 6.92 Å². The Morgan fingerprint density at radius 2 is 1.92 bits per heavy atom. The Balaban J connectivity index is 0. The summed E-state index contributed by atoms with van der Waals surface area (Å²) in [6.07, 6.45) is 6.34. The van der Waals surface area contributed by atoms with Gasteiger partial charge in [-0.1, -0.05) is 46.0 Å². The van der Waals surface area contributed by atoms with Gasteiger partial charge >= 0.3 is 5.97 Å². The summed E-state index contributed by atoms with van der Waals surface area (Å²) in [7, 11) is 0. The van der Waals surface area contributed by atoms with Crippen LogP contribution < -0.4 is 0 Å². The van der Waals surface area contributed by atoms with Crippen molar-refractivity contribution in [1.29, 1.82) is 0 Å². The molecule has 0 aliphatic carbocycles. The van der Waals surface area contributed by atoms with Crippen LogP contribution in [0, 0.1) is 5.92 Å². The van der Waals surface area contributed by atoms with Gasteiger partial charge in [0.05, 0.1) is 0 Å². The van der Waals surface area contributed by atoms with Crippen molar-refractivity contribution in [2.24, 2.45) is 5.92 Å². The zero-order valence-corrected chi connectivity index (χ0v) is 9.40. The van der Waals surface area contributed by atoms with Crippen molar-refractivity contribution in [2.45, 2.75) is 52.4 Å². The van der Waals surface area contributed by atoms with Crippen LogP contribution in [0.4, 0.5) is 0 Å². The van der Waals surface area contributed by atoms with Gasteiger partial charge in [-0.25, -0.2) is 0 Å². The van der Waals surface area contributed by atoms with Gasteiger partial charge in [0.1, 0.15) is 0 Å². The fourth-order valence-corrected chi connectivity index (χ4v) is 1.32. The highest BCUT2D eigenvalue weighted by atomic mass is 35.5. The van der Waals surface area contributed by atoms with Crippen molar-refractivity contribution in [3.63, 3.8) is 0 Å². The van der Waals surface area contributed by atoms with Gasteiger partial charge < -0.3 is 5.11 Å². The van der Waals surface area contributed by atoms with Crippen LogP contribution in [-0.4, -0.2) is 11.1 Å². The van der Waals surface area contributed by atoms with E-state index in [1.165, 1.54) is 25.7 Å². The number of unbranched alkanes of at least 4 members (excludes halogenated alkanes) is 3. The summed E-state index contributed by atoms with van der Waals surface area (Å²) in [5.41, 5.74) is 0. The molecule has 13 heavy (non-hydrogen) atoms. The van der Waals surface area contributed by atoms with Crippen LogP contribution >= 0.6 is 12.4 Å². The van der Waals surface area contributed by atoms with Crippen molar-refractivity contribution in [1.82, 2.24) is 0 Å². The molecule has 0 heterocycles. The van der Waals surface area contributed by atoms with Crippen LogP contribution in [0.25, 0.3) is 0 Å². The van der Waals surface area contributed by atoms with Crippen LogP contribution in [0.5, 0.6) is 0 Å². The second-order valence-corrected chi connectivity index (χ2v) is 3.55. The van der Waals surface area contributed by atoms with Crippen molar-refractivity contribution in [3.05, 3.63) is 0 Å². The number of hydrogen-bond donors (Lipinski definition) is 1. The van der Waals surface area contributed by atoms with Crippen molar-refractivity contribution >= 4 is 18.4 Å². The first-order valence-electron chi connectivity index (χ1n) is 4.88. The molecule has 3 heteroatoms. The monoisotopic (exact) mass is 208 g/mol. The maximum atomic E-state index is 10.3. The van der Waals surface area contributed by atoms with E-state index in [0.717, 1.165) is 6.42 Å². The van der Waals surface area contributed by atoms with E-state index < -0.39 is 5.97 Å². The molecular formula is C10H21ClO2. The lowest BCUT2D eigenvalue weighted by Crippen LogP contribution is -2.03. The molecule has 1 unspecified atom stereocenters. The standard InChI is InChI=1S/C10H20O2.ClH/c1-3-4-5-6-7-9(2)8-10(11)12;/h9H,3-8H2,1-2H3,(H,11,12);1H. The highest BCUT2D eigenvalue weighted by Gasteiger charge is 2.06. The van der Waals surface area contributed by atoms with Gasteiger partial charge in [-0.05, 0) is 5.92 Å². The Morgan fingerprint density at radius 1 is 1.31 bits per heavy atom.